The molecule has 3 N–H and O–H groups in total. The van der Waals surface area contributed by atoms with Crippen molar-refractivity contribution in [1.82, 2.24) is 10.6 Å². The number of methoxy groups -OCH3 is 1. The highest BCUT2D eigenvalue weighted by atomic mass is 16.5. The summed E-state index contributed by atoms with van der Waals surface area (Å²) in [5.41, 5.74) is -0.0537. The second-order valence-electron chi connectivity index (χ2n) is 5.44. The Morgan fingerprint density at radius 1 is 1.37 bits per heavy atom. The molecule has 0 aliphatic heterocycles. The summed E-state index contributed by atoms with van der Waals surface area (Å²) in [7, 11) is 1.65. The lowest BCUT2D eigenvalue weighted by molar-refractivity contribution is -0.137. The third kappa shape index (κ3) is 9.30. The zero-order valence-electron chi connectivity index (χ0n) is 12.3. The summed E-state index contributed by atoms with van der Waals surface area (Å²) in [5.74, 6) is -0.910. The fourth-order valence-electron chi connectivity index (χ4n) is 1.53. The van der Waals surface area contributed by atoms with Gasteiger partial charge in [-0.25, -0.2) is 4.79 Å². The molecule has 0 radical (unpaired) electrons. The second-order valence-corrected chi connectivity index (χ2v) is 5.44. The van der Waals surface area contributed by atoms with E-state index in [0.717, 1.165) is 6.42 Å². The van der Waals surface area contributed by atoms with E-state index in [2.05, 4.69) is 10.6 Å². The predicted molar refractivity (Wildman–Crippen MR) is 73.1 cm³/mol. The Bertz CT molecular complexity index is 292. The number of carbonyl (C=O) groups excluding carboxylic acids is 1. The smallest absolute Gasteiger partial charge is 0.315 e. The molecule has 0 saturated carbocycles. The maximum atomic E-state index is 11.7. The van der Waals surface area contributed by atoms with Crippen molar-refractivity contribution < 1.29 is 19.4 Å². The molecule has 0 aromatic heterocycles. The summed E-state index contributed by atoms with van der Waals surface area (Å²) in [4.78, 5) is 22.3. The van der Waals surface area contributed by atoms with Gasteiger partial charge in [-0.05, 0) is 18.3 Å². The van der Waals surface area contributed by atoms with E-state index in [0.29, 0.717) is 19.6 Å². The number of nitrogens with one attached hydrogen (secondary N) is 2. The van der Waals surface area contributed by atoms with Crippen LogP contribution in [0, 0.1) is 5.41 Å². The first-order chi connectivity index (χ1) is 8.80. The molecule has 0 saturated heterocycles. The number of carbonyl (C=O) groups is 2. The molecule has 0 aliphatic rings. The lowest BCUT2D eigenvalue weighted by Gasteiger charge is -2.25. The van der Waals surface area contributed by atoms with Crippen LogP contribution in [0.15, 0.2) is 0 Å². The summed E-state index contributed by atoms with van der Waals surface area (Å²) < 4.78 is 5.02. The lowest BCUT2D eigenvalue weighted by Crippen LogP contribution is -2.45. The Kier molecular flexibility index (Phi) is 8.14. The third-order valence-corrected chi connectivity index (χ3v) is 2.96. The van der Waals surface area contributed by atoms with Crippen molar-refractivity contribution in [3.63, 3.8) is 0 Å². The maximum Gasteiger partial charge on any atom is 0.315 e. The van der Waals surface area contributed by atoms with Crippen LogP contribution in [0.5, 0.6) is 0 Å². The third-order valence-electron chi connectivity index (χ3n) is 2.96. The standard InChI is InChI=1S/C13H26N2O4/c1-5-10(8-11(16)17)15-12(18)14-9-13(2,3)6-7-19-4/h10H,5-9H2,1-4H3,(H,16,17)(H2,14,15,18). The number of rotatable bonds is 9. The summed E-state index contributed by atoms with van der Waals surface area (Å²) in [6.07, 6.45) is 1.37. The van der Waals surface area contributed by atoms with Gasteiger partial charge in [-0.1, -0.05) is 20.8 Å². The lowest BCUT2D eigenvalue weighted by atomic mass is 9.90. The Labute approximate surface area is 114 Å². The monoisotopic (exact) mass is 274 g/mol. The molecule has 0 bridgehead atoms. The van der Waals surface area contributed by atoms with Gasteiger partial charge in [0.2, 0.25) is 0 Å². The zero-order chi connectivity index (χ0) is 14.9. The average molecular weight is 274 g/mol. The van der Waals surface area contributed by atoms with Gasteiger partial charge in [-0.3, -0.25) is 4.79 Å². The molecule has 2 amide bonds. The van der Waals surface area contributed by atoms with Gasteiger partial charge in [-0.15, -0.1) is 0 Å². The minimum atomic E-state index is -0.910. The van der Waals surface area contributed by atoms with Crippen molar-refractivity contribution in [2.24, 2.45) is 5.41 Å². The van der Waals surface area contributed by atoms with Gasteiger partial charge in [0.25, 0.3) is 0 Å². The van der Waals surface area contributed by atoms with Crippen LogP contribution in [0.3, 0.4) is 0 Å². The normalized spacial score (nSPS) is 12.8. The van der Waals surface area contributed by atoms with Crippen molar-refractivity contribution in [2.45, 2.75) is 46.1 Å². The van der Waals surface area contributed by atoms with Gasteiger partial charge in [0.05, 0.1) is 6.42 Å². The van der Waals surface area contributed by atoms with Gasteiger partial charge < -0.3 is 20.5 Å². The molecule has 1 unspecified atom stereocenters. The quantitative estimate of drug-likeness (QED) is 0.596. The molecule has 0 fully saturated rings. The Hall–Kier alpha value is -1.30. The van der Waals surface area contributed by atoms with Gasteiger partial charge in [-0.2, -0.15) is 0 Å². The van der Waals surface area contributed by atoms with E-state index in [4.69, 9.17) is 9.84 Å². The topological polar surface area (TPSA) is 87.7 Å². The van der Waals surface area contributed by atoms with Gasteiger partial charge in [0, 0.05) is 26.3 Å². The van der Waals surface area contributed by atoms with Gasteiger partial charge in [0.15, 0.2) is 0 Å². The largest absolute Gasteiger partial charge is 0.481 e. The maximum absolute atomic E-state index is 11.7. The average Bonchev–Trinajstić information content (AvgIpc) is 2.33. The number of hydrogen-bond acceptors (Lipinski definition) is 3. The van der Waals surface area contributed by atoms with Crippen molar-refractivity contribution in [3.8, 4) is 0 Å². The molecular formula is C13H26N2O4. The molecule has 1 atom stereocenters. The van der Waals surface area contributed by atoms with Crippen LogP contribution >= 0.6 is 0 Å². The first-order valence-electron chi connectivity index (χ1n) is 6.56. The van der Waals surface area contributed by atoms with E-state index in [1.165, 1.54) is 0 Å². The summed E-state index contributed by atoms with van der Waals surface area (Å²) in [6, 6.07) is -0.654. The molecule has 6 nitrogen and oxygen atoms in total. The highest BCUT2D eigenvalue weighted by molar-refractivity contribution is 5.75. The number of hydrogen-bond donors (Lipinski definition) is 3. The minimum Gasteiger partial charge on any atom is -0.481 e. The summed E-state index contributed by atoms with van der Waals surface area (Å²) >= 11 is 0. The highest BCUT2D eigenvalue weighted by Crippen LogP contribution is 2.18. The first-order valence-corrected chi connectivity index (χ1v) is 6.56. The summed E-state index contributed by atoms with van der Waals surface area (Å²) in [6.45, 7) is 7.09. The van der Waals surface area contributed by atoms with E-state index in [9.17, 15) is 9.59 Å². The van der Waals surface area contributed by atoms with Crippen molar-refractivity contribution in [2.75, 3.05) is 20.3 Å². The van der Waals surface area contributed by atoms with Crippen LogP contribution < -0.4 is 10.6 Å². The number of urea groups is 1. The van der Waals surface area contributed by atoms with Crippen LogP contribution in [0.4, 0.5) is 4.79 Å². The Balaban J connectivity index is 4.05. The van der Waals surface area contributed by atoms with E-state index in [1.807, 2.05) is 20.8 Å². The molecule has 0 aromatic rings. The molecule has 19 heavy (non-hydrogen) atoms. The Morgan fingerprint density at radius 2 is 2.00 bits per heavy atom. The molecule has 112 valence electrons. The molecule has 6 heteroatoms. The van der Waals surface area contributed by atoms with Crippen LogP contribution in [0.25, 0.3) is 0 Å². The Morgan fingerprint density at radius 3 is 2.47 bits per heavy atom. The fourth-order valence-corrected chi connectivity index (χ4v) is 1.53. The van der Waals surface area contributed by atoms with E-state index >= 15 is 0 Å². The van der Waals surface area contributed by atoms with Gasteiger partial charge >= 0.3 is 12.0 Å². The van der Waals surface area contributed by atoms with Crippen LogP contribution in [-0.4, -0.2) is 43.4 Å². The number of aliphatic carboxylic acids is 1. The molecule has 0 rings (SSSR count). The molecule has 0 aromatic carbocycles. The van der Waals surface area contributed by atoms with Crippen LogP contribution in [-0.2, 0) is 9.53 Å². The fraction of sp³-hybridized carbons (Fsp3) is 0.846. The number of carboxylic acid groups (broad SMARTS) is 1. The van der Waals surface area contributed by atoms with Gasteiger partial charge in [0.1, 0.15) is 0 Å². The van der Waals surface area contributed by atoms with Crippen molar-refractivity contribution >= 4 is 12.0 Å². The summed E-state index contributed by atoms with van der Waals surface area (Å²) in [5, 5.41) is 14.1. The molecule has 0 spiro atoms. The number of amides is 2. The first kappa shape index (κ1) is 17.7. The number of ether oxygens (including phenoxy) is 1. The van der Waals surface area contributed by atoms with Crippen molar-refractivity contribution in [1.29, 1.82) is 0 Å². The molecule has 0 heterocycles. The van der Waals surface area contributed by atoms with Crippen LogP contribution in [0.1, 0.15) is 40.0 Å². The van der Waals surface area contributed by atoms with E-state index in [1.54, 1.807) is 7.11 Å². The van der Waals surface area contributed by atoms with E-state index in [-0.39, 0.29) is 23.9 Å². The SMILES string of the molecule is CCC(CC(=O)O)NC(=O)NCC(C)(C)CCOC. The van der Waals surface area contributed by atoms with E-state index < -0.39 is 5.97 Å². The van der Waals surface area contributed by atoms with Crippen molar-refractivity contribution in [3.05, 3.63) is 0 Å². The number of carboxylic acids is 1. The molecular weight excluding hydrogens is 248 g/mol. The minimum absolute atomic E-state index is 0.0537. The second kappa shape index (κ2) is 8.74. The highest BCUT2D eigenvalue weighted by Gasteiger charge is 2.20. The van der Waals surface area contributed by atoms with Crippen LogP contribution in [0.2, 0.25) is 0 Å². The predicted octanol–water partition coefficient (Wildman–Crippen LogP) is 1.60. The molecule has 0 aliphatic carbocycles. The zero-order valence-corrected chi connectivity index (χ0v) is 12.3.